The van der Waals surface area contributed by atoms with Crippen molar-refractivity contribution in [3.05, 3.63) is 0 Å². The Kier molecular flexibility index (Phi) is 9.24. The Bertz CT molecular complexity index is 186. The van der Waals surface area contributed by atoms with Crippen LogP contribution in [0.1, 0.15) is 34.6 Å². The minimum absolute atomic E-state index is 0.0847. The van der Waals surface area contributed by atoms with Crippen LogP contribution < -0.4 is 5.32 Å². The Balaban J connectivity index is 0. The topological polar surface area (TPSA) is 41.6 Å². The van der Waals surface area contributed by atoms with Gasteiger partial charge < -0.3 is 15.0 Å². The van der Waals surface area contributed by atoms with Gasteiger partial charge in [0.1, 0.15) is 6.61 Å². The molecule has 0 heterocycles. The maximum atomic E-state index is 11.2. The first-order valence-electron chi connectivity index (χ1n) is 5.80. The first kappa shape index (κ1) is 17.6. The Morgan fingerprint density at radius 3 is 2.00 bits per heavy atom. The van der Waals surface area contributed by atoms with Crippen LogP contribution in [0.15, 0.2) is 0 Å². The van der Waals surface area contributed by atoms with Crippen molar-refractivity contribution >= 4 is 6.09 Å². The van der Waals surface area contributed by atoms with Crippen molar-refractivity contribution in [1.29, 1.82) is 0 Å². The zero-order chi connectivity index (χ0) is 13.4. The van der Waals surface area contributed by atoms with Gasteiger partial charge in [0.2, 0.25) is 0 Å². The molecule has 98 valence electrons. The summed E-state index contributed by atoms with van der Waals surface area (Å²) in [7, 11) is 5.22. The van der Waals surface area contributed by atoms with E-state index >= 15 is 0 Å². The lowest BCUT2D eigenvalue weighted by Gasteiger charge is -2.30. The normalized spacial score (nSPS) is 12.2. The van der Waals surface area contributed by atoms with Crippen molar-refractivity contribution in [2.75, 3.05) is 27.7 Å². The summed E-state index contributed by atoms with van der Waals surface area (Å²) in [6.45, 7) is 10.7. The van der Waals surface area contributed by atoms with Gasteiger partial charge in [0.15, 0.2) is 0 Å². The van der Waals surface area contributed by atoms with E-state index in [1.807, 2.05) is 20.9 Å². The second-order valence-electron chi connectivity index (χ2n) is 4.68. The van der Waals surface area contributed by atoms with E-state index < -0.39 is 0 Å². The average molecular weight is 232 g/mol. The molecule has 0 aromatic rings. The number of rotatable bonds is 3. The monoisotopic (exact) mass is 232 g/mol. The number of carbonyl (C=O) groups is 1. The SMILES string of the molecule is CC.CNC(COC(=O)N(C)C)C(C)(C)C. The summed E-state index contributed by atoms with van der Waals surface area (Å²) in [5, 5.41) is 3.14. The summed E-state index contributed by atoms with van der Waals surface area (Å²) in [4.78, 5) is 12.6. The quantitative estimate of drug-likeness (QED) is 0.812. The fraction of sp³-hybridized carbons (Fsp3) is 0.917. The Morgan fingerprint density at radius 2 is 1.75 bits per heavy atom. The van der Waals surface area contributed by atoms with Crippen LogP contribution in [0.2, 0.25) is 0 Å². The zero-order valence-electron chi connectivity index (χ0n) is 12.0. The predicted molar refractivity (Wildman–Crippen MR) is 68.7 cm³/mol. The van der Waals surface area contributed by atoms with Crippen molar-refractivity contribution in [2.45, 2.75) is 40.7 Å². The van der Waals surface area contributed by atoms with Crippen LogP contribution in [0.4, 0.5) is 4.79 Å². The zero-order valence-corrected chi connectivity index (χ0v) is 12.0. The summed E-state index contributed by atoms with van der Waals surface area (Å²) >= 11 is 0. The number of ether oxygens (including phenoxy) is 1. The van der Waals surface area contributed by atoms with Crippen LogP contribution in [0.25, 0.3) is 0 Å². The number of amides is 1. The smallest absolute Gasteiger partial charge is 0.409 e. The summed E-state index contributed by atoms with van der Waals surface area (Å²) in [5.74, 6) is 0. The van der Waals surface area contributed by atoms with Gasteiger partial charge in [0.25, 0.3) is 0 Å². The van der Waals surface area contributed by atoms with Crippen molar-refractivity contribution in [1.82, 2.24) is 10.2 Å². The molecule has 0 aliphatic carbocycles. The molecule has 0 rings (SSSR count). The third kappa shape index (κ3) is 7.51. The molecule has 1 atom stereocenters. The Hall–Kier alpha value is -0.770. The maximum absolute atomic E-state index is 11.2. The molecule has 4 heteroatoms. The lowest BCUT2D eigenvalue weighted by atomic mass is 9.87. The van der Waals surface area contributed by atoms with E-state index in [9.17, 15) is 4.79 Å². The van der Waals surface area contributed by atoms with Gasteiger partial charge in [0, 0.05) is 20.1 Å². The number of nitrogens with zero attached hydrogens (tertiary/aromatic N) is 1. The molecule has 0 aromatic carbocycles. The van der Waals surface area contributed by atoms with Gasteiger partial charge >= 0.3 is 6.09 Å². The lowest BCUT2D eigenvalue weighted by molar-refractivity contribution is 0.0886. The molecule has 0 spiro atoms. The average Bonchev–Trinajstić information content (AvgIpc) is 2.19. The van der Waals surface area contributed by atoms with E-state index in [1.165, 1.54) is 4.90 Å². The predicted octanol–water partition coefficient (Wildman–Crippen LogP) is 2.34. The van der Waals surface area contributed by atoms with Gasteiger partial charge in [-0.25, -0.2) is 4.79 Å². The molecule has 1 N–H and O–H groups in total. The van der Waals surface area contributed by atoms with E-state index in [0.717, 1.165) is 0 Å². The van der Waals surface area contributed by atoms with Crippen molar-refractivity contribution in [3.8, 4) is 0 Å². The second kappa shape index (κ2) is 8.39. The minimum Gasteiger partial charge on any atom is -0.448 e. The van der Waals surface area contributed by atoms with Crippen molar-refractivity contribution in [3.63, 3.8) is 0 Å². The molecular weight excluding hydrogens is 204 g/mol. The summed E-state index contributed by atoms with van der Waals surface area (Å²) in [6.07, 6.45) is -0.297. The van der Waals surface area contributed by atoms with E-state index in [4.69, 9.17) is 4.74 Å². The van der Waals surface area contributed by atoms with Gasteiger partial charge in [0.05, 0.1) is 0 Å². The van der Waals surface area contributed by atoms with E-state index in [1.54, 1.807) is 14.1 Å². The molecule has 0 fully saturated rings. The number of hydrogen-bond acceptors (Lipinski definition) is 3. The molecule has 0 radical (unpaired) electrons. The van der Waals surface area contributed by atoms with Gasteiger partial charge in [-0.3, -0.25) is 0 Å². The molecule has 0 saturated carbocycles. The molecule has 4 nitrogen and oxygen atoms in total. The number of carbonyl (C=O) groups excluding carboxylic acids is 1. The van der Waals surface area contributed by atoms with Crippen LogP contribution in [0.5, 0.6) is 0 Å². The first-order valence-corrected chi connectivity index (χ1v) is 5.80. The standard InChI is InChI=1S/C10H22N2O2.C2H6/c1-10(2,3)8(11-4)7-14-9(13)12(5)6;1-2/h8,11H,7H2,1-6H3;1-2H3. The van der Waals surface area contributed by atoms with E-state index in [0.29, 0.717) is 6.61 Å². The lowest BCUT2D eigenvalue weighted by Crippen LogP contribution is -2.43. The fourth-order valence-corrected chi connectivity index (χ4v) is 1.05. The highest BCUT2D eigenvalue weighted by Crippen LogP contribution is 2.19. The van der Waals surface area contributed by atoms with Crippen LogP contribution in [0, 0.1) is 5.41 Å². The summed E-state index contributed by atoms with van der Waals surface area (Å²) < 4.78 is 5.11. The molecule has 0 aliphatic rings. The maximum Gasteiger partial charge on any atom is 0.409 e. The summed E-state index contributed by atoms with van der Waals surface area (Å²) in [6, 6.07) is 0.173. The molecule has 1 amide bonds. The van der Waals surface area contributed by atoms with Gasteiger partial charge in [-0.2, -0.15) is 0 Å². The molecule has 0 aliphatic heterocycles. The first-order chi connectivity index (χ1) is 7.29. The third-order valence-corrected chi connectivity index (χ3v) is 2.13. The largest absolute Gasteiger partial charge is 0.448 e. The molecule has 0 saturated heterocycles. The highest BCUT2D eigenvalue weighted by Gasteiger charge is 2.24. The number of nitrogens with one attached hydrogen (secondary N) is 1. The fourth-order valence-electron chi connectivity index (χ4n) is 1.05. The minimum atomic E-state index is -0.297. The van der Waals surface area contributed by atoms with Crippen LogP contribution in [-0.2, 0) is 4.74 Å². The van der Waals surface area contributed by atoms with Crippen LogP contribution in [-0.4, -0.2) is 44.8 Å². The highest BCUT2D eigenvalue weighted by atomic mass is 16.6. The second-order valence-corrected chi connectivity index (χ2v) is 4.68. The molecule has 0 aromatic heterocycles. The Labute approximate surface area is 100 Å². The molecule has 16 heavy (non-hydrogen) atoms. The summed E-state index contributed by atoms with van der Waals surface area (Å²) in [5.41, 5.74) is 0.0847. The molecular formula is C12H28N2O2. The number of hydrogen-bond donors (Lipinski definition) is 1. The molecule has 1 unspecified atom stereocenters. The van der Waals surface area contributed by atoms with E-state index in [-0.39, 0.29) is 17.6 Å². The third-order valence-electron chi connectivity index (χ3n) is 2.13. The van der Waals surface area contributed by atoms with Gasteiger partial charge in [-0.1, -0.05) is 34.6 Å². The Morgan fingerprint density at radius 1 is 1.31 bits per heavy atom. The van der Waals surface area contributed by atoms with Crippen molar-refractivity contribution in [2.24, 2.45) is 5.41 Å². The number of likely N-dealkylation sites (N-methyl/N-ethyl adjacent to an activating group) is 1. The van der Waals surface area contributed by atoms with Crippen molar-refractivity contribution < 1.29 is 9.53 Å². The van der Waals surface area contributed by atoms with Gasteiger partial charge in [-0.15, -0.1) is 0 Å². The highest BCUT2D eigenvalue weighted by molar-refractivity contribution is 5.66. The van der Waals surface area contributed by atoms with Gasteiger partial charge in [-0.05, 0) is 12.5 Å². The molecule has 0 bridgehead atoms. The van der Waals surface area contributed by atoms with Crippen LogP contribution in [0.3, 0.4) is 0 Å². The van der Waals surface area contributed by atoms with E-state index in [2.05, 4.69) is 26.1 Å². The van der Waals surface area contributed by atoms with Crippen LogP contribution >= 0.6 is 0 Å².